The van der Waals surface area contributed by atoms with Gasteiger partial charge >= 0.3 is 0 Å². The highest BCUT2D eigenvalue weighted by Crippen LogP contribution is 2.42. The number of carbonyl (C=O) groups is 2. The highest BCUT2D eigenvalue weighted by atomic mass is 16.5. The summed E-state index contributed by atoms with van der Waals surface area (Å²) in [6, 6.07) is 5.48. The van der Waals surface area contributed by atoms with E-state index >= 15 is 0 Å². The summed E-state index contributed by atoms with van der Waals surface area (Å²) in [6.07, 6.45) is 5.53. The summed E-state index contributed by atoms with van der Waals surface area (Å²) in [5.41, 5.74) is 4.14. The Hall–Kier alpha value is -1.88. The maximum Gasteiger partial charge on any atom is 0.274 e. The number of nitrogens with one attached hydrogen (secondary N) is 1. The smallest absolute Gasteiger partial charge is 0.274 e. The number of hydrogen-bond acceptors (Lipinski definition) is 3. The van der Waals surface area contributed by atoms with Crippen LogP contribution in [-0.4, -0.2) is 35.5 Å². The van der Waals surface area contributed by atoms with Crippen molar-refractivity contribution in [2.75, 3.05) is 13.6 Å². The number of carbonyl (C=O) groups excluding carboxylic acids is 2. The van der Waals surface area contributed by atoms with Gasteiger partial charge in [0.2, 0.25) is 5.91 Å². The molecule has 0 aromatic heterocycles. The molecule has 2 aliphatic rings. The van der Waals surface area contributed by atoms with E-state index in [1.807, 2.05) is 24.1 Å². The Balaban J connectivity index is 0.00000144. The molecule has 1 aliphatic carbocycles. The normalized spacial score (nSPS) is 24.8. The Morgan fingerprint density at radius 1 is 1.32 bits per heavy atom. The van der Waals surface area contributed by atoms with Crippen molar-refractivity contribution in [3.05, 3.63) is 34.9 Å². The predicted molar refractivity (Wildman–Crippen MR) is 85.9 cm³/mol. The van der Waals surface area contributed by atoms with Gasteiger partial charge in [0.25, 0.3) is 5.91 Å². The molecule has 0 radical (unpaired) electrons. The SMILES string of the molecule is CN1CCCCC2(CCc3cc(C(=O)NO)ccc3C2)C1=O.[HH].[HH]. The van der Waals surface area contributed by atoms with Crippen LogP contribution in [0.1, 0.15) is 50.0 Å². The van der Waals surface area contributed by atoms with Gasteiger partial charge in [0.15, 0.2) is 0 Å². The average Bonchev–Trinajstić information content (AvgIpc) is 2.68. The van der Waals surface area contributed by atoms with Crippen molar-refractivity contribution in [1.82, 2.24) is 10.4 Å². The van der Waals surface area contributed by atoms with Gasteiger partial charge in [-0.3, -0.25) is 14.8 Å². The van der Waals surface area contributed by atoms with Gasteiger partial charge in [0.1, 0.15) is 0 Å². The molecule has 5 nitrogen and oxygen atoms in total. The zero-order valence-corrected chi connectivity index (χ0v) is 12.9. The fraction of sp³-hybridized carbons (Fsp3) is 0.529. The Bertz CT molecular complexity index is 624. The standard InChI is InChI=1S/C17H22N2O3.2H2/c1-19-9-3-2-7-17(16(19)21)8-6-12-10-13(15(20)18-22)4-5-14(12)11-17;;/h4-5,10,22H,2-3,6-9,11H2,1H3,(H,18,20);2*1H. The molecular formula is C17H26N2O3. The fourth-order valence-electron chi connectivity index (χ4n) is 3.89. The zero-order chi connectivity index (χ0) is 15.7. The molecule has 1 spiro atoms. The topological polar surface area (TPSA) is 69.6 Å². The summed E-state index contributed by atoms with van der Waals surface area (Å²) in [5.74, 6) is -0.221. The van der Waals surface area contributed by atoms with Crippen LogP contribution in [0.25, 0.3) is 0 Å². The lowest BCUT2D eigenvalue weighted by Crippen LogP contribution is -2.44. The average molecular weight is 306 g/mol. The molecule has 22 heavy (non-hydrogen) atoms. The first-order valence-corrected chi connectivity index (χ1v) is 7.87. The van der Waals surface area contributed by atoms with Crippen LogP contribution in [0.3, 0.4) is 0 Å². The highest BCUT2D eigenvalue weighted by molar-refractivity contribution is 5.93. The van der Waals surface area contributed by atoms with Gasteiger partial charge in [0, 0.05) is 22.0 Å². The molecule has 1 unspecified atom stereocenters. The molecule has 2 amide bonds. The number of fused-ring (bicyclic) bond motifs is 1. The van der Waals surface area contributed by atoms with Gasteiger partial charge in [-0.05, 0) is 55.4 Å². The molecule has 3 rings (SSSR count). The quantitative estimate of drug-likeness (QED) is 0.618. The fourth-order valence-corrected chi connectivity index (χ4v) is 3.89. The first-order chi connectivity index (χ1) is 10.6. The van der Waals surface area contributed by atoms with Crippen molar-refractivity contribution in [1.29, 1.82) is 0 Å². The number of hydroxylamine groups is 1. The summed E-state index contributed by atoms with van der Waals surface area (Å²) in [4.78, 5) is 26.2. The van der Waals surface area contributed by atoms with Crippen molar-refractivity contribution in [2.45, 2.75) is 38.5 Å². The maximum absolute atomic E-state index is 12.8. The Kier molecular flexibility index (Phi) is 3.91. The van der Waals surface area contributed by atoms with E-state index in [-0.39, 0.29) is 14.2 Å². The van der Waals surface area contributed by atoms with E-state index in [4.69, 9.17) is 5.21 Å². The van der Waals surface area contributed by atoms with Gasteiger partial charge in [-0.15, -0.1) is 0 Å². The Labute approximate surface area is 133 Å². The van der Waals surface area contributed by atoms with Crippen molar-refractivity contribution in [3.8, 4) is 0 Å². The van der Waals surface area contributed by atoms with Crippen LogP contribution in [0.5, 0.6) is 0 Å². The van der Waals surface area contributed by atoms with Gasteiger partial charge in [-0.25, -0.2) is 5.48 Å². The number of nitrogens with zero attached hydrogens (tertiary/aromatic N) is 1. The molecule has 1 atom stereocenters. The van der Waals surface area contributed by atoms with E-state index in [1.165, 1.54) is 0 Å². The molecule has 1 heterocycles. The monoisotopic (exact) mass is 306 g/mol. The number of benzene rings is 1. The Morgan fingerprint density at radius 2 is 2.14 bits per heavy atom. The number of aryl methyl sites for hydroxylation is 1. The van der Waals surface area contributed by atoms with E-state index in [9.17, 15) is 9.59 Å². The van der Waals surface area contributed by atoms with Crippen LogP contribution in [0.15, 0.2) is 18.2 Å². The summed E-state index contributed by atoms with van der Waals surface area (Å²) in [5, 5.41) is 8.74. The van der Waals surface area contributed by atoms with Crippen LogP contribution in [0.2, 0.25) is 0 Å². The zero-order valence-electron chi connectivity index (χ0n) is 12.9. The van der Waals surface area contributed by atoms with Crippen molar-refractivity contribution in [3.63, 3.8) is 0 Å². The molecule has 122 valence electrons. The largest absolute Gasteiger partial charge is 0.345 e. The lowest BCUT2D eigenvalue weighted by atomic mass is 9.68. The molecule has 2 N–H and O–H groups in total. The second-order valence-corrected chi connectivity index (χ2v) is 6.57. The van der Waals surface area contributed by atoms with E-state index < -0.39 is 5.91 Å². The van der Waals surface area contributed by atoms with Crippen LogP contribution in [-0.2, 0) is 17.6 Å². The number of hydrogen-bond donors (Lipinski definition) is 2. The third-order valence-corrected chi connectivity index (χ3v) is 5.17. The molecule has 0 bridgehead atoms. The van der Waals surface area contributed by atoms with Crippen LogP contribution >= 0.6 is 0 Å². The highest BCUT2D eigenvalue weighted by Gasteiger charge is 2.43. The minimum Gasteiger partial charge on any atom is -0.345 e. The molecule has 1 aromatic carbocycles. The predicted octanol–water partition coefficient (Wildman–Crippen LogP) is 2.42. The van der Waals surface area contributed by atoms with Gasteiger partial charge in [0.05, 0.1) is 5.41 Å². The van der Waals surface area contributed by atoms with Gasteiger partial charge in [-0.2, -0.15) is 0 Å². The second-order valence-electron chi connectivity index (χ2n) is 6.57. The van der Waals surface area contributed by atoms with Crippen molar-refractivity contribution < 1.29 is 17.6 Å². The molecule has 1 saturated heterocycles. The summed E-state index contributed by atoms with van der Waals surface area (Å²) in [6.45, 7) is 0.850. The van der Waals surface area contributed by atoms with Gasteiger partial charge < -0.3 is 4.90 Å². The van der Waals surface area contributed by atoms with E-state index in [1.54, 1.807) is 11.5 Å². The molecular weight excluding hydrogens is 280 g/mol. The number of rotatable bonds is 1. The van der Waals surface area contributed by atoms with E-state index in [0.29, 0.717) is 5.56 Å². The summed E-state index contributed by atoms with van der Waals surface area (Å²) < 4.78 is 0. The third-order valence-electron chi connectivity index (χ3n) is 5.17. The minimum absolute atomic E-state index is 0. The molecule has 0 saturated carbocycles. The summed E-state index contributed by atoms with van der Waals surface area (Å²) >= 11 is 0. The van der Waals surface area contributed by atoms with Gasteiger partial charge in [-0.1, -0.05) is 12.5 Å². The minimum atomic E-state index is -0.492. The molecule has 1 fully saturated rings. The van der Waals surface area contributed by atoms with Crippen LogP contribution < -0.4 is 5.48 Å². The first-order valence-electron chi connectivity index (χ1n) is 7.87. The lowest BCUT2D eigenvalue weighted by molar-refractivity contribution is -0.140. The van der Waals surface area contributed by atoms with Crippen LogP contribution in [0.4, 0.5) is 0 Å². The van der Waals surface area contributed by atoms with E-state index in [0.717, 1.165) is 56.2 Å². The second kappa shape index (κ2) is 5.72. The van der Waals surface area contributed by atoms with E-state index in [2.05, 4.69) is 0 Å². The molecule has 1 aromatic rings. The number of likely N-dealkylation sites (tertiary alicyclic amines) is 1. The molecule has 5 heteroatoms. The van der Waals surface area contributed by atoms with Crippen molar-refractivity contribution in [2.24, 2.45) is 5.41 Å². The maximum atomic E-state index is 12.8. The van der Waals surface area contributed by atoms with Crippen LogP contribution in [0, 0.1) is 5.41 Å². The first kappa shape index (κ1) is 15.0. The van der Waals surface area contributed by atoms with Crippen molar-refractivity contribution >= 4 is 11.8 Å². The number of amides is 2. The molecule has 1 aliphatic heterocycles. The summed E-state index contributed by atoms with van der Waals surface area (Å²) in [7, 11) is 1.90. The Morgan fingerprint density at radius 3 is 2.91 bits per heavy atom. The lowest BCUT2D eigenvalue weighted by Gasteiger charge is -2.38. The third kappa shape index (κ3) is 2.50.